The zero-order chi connectivity index (χ0) is 13.9. The van der Waals surface area contributed by atoms with Gasteiger partial charge in [0.2, 0.25) is 0 Å². The molecule has 1 unspecified atom stereocenters. The van der Waals surface area contributed by atoms with Crippen molar-refractivity contribution in [1.82, 2.24) is 4.90 Å². The van der Waals surface area contributed by atoms with Crippen molar-refractivity contribution >= 4 is 17.6 Å². The fourth-order valence-electron chi connectivity index (χ4n) is 2.53. The molecule has 2 aliphatic rings. The van der Waals surface area contributed by atoms with Gasteiger partial charge in [0, 0.05) is 24.3 Å². The third-order valence-corrected chi connectivity index (χ3v) is 3.95. The van der Waals surface area contributed by atoms with Crippen LogP contribution in [0.5, 0.6) is 0 Å². The third kappa shape index (κ3) is 3.03. The maximum atomic E-state index is 12.3. The molecule has 2 rings (SSSR count). The number of hydrogen-bond acceptors (Lipinski definition) is 3. The summed E-state index contributed by atoms with van der Waals surface area (Å²) in [5.41, 5.74) is 0.520. The van der Waals surface area contributed by atoms with Gasteiger partial charge in [0.1, 0.15) is 5.41 Å². The molecule has 0 saturated carbocycles. The summed E-state index contributed by atoms with van der Waals surface area (Å²) >= 11 is 5.96. The number of esters is 1. The zero-order valence-electron chi connectivity index (χ0n) is 11.5. The SMILES string of the molecule is CCOC(=O)C1(C=C2CCCN2C)C=CC(Cl)=CC1. The van der Waals surface area contributed by atoms with Crippen molar-refractivity contribution in [1.29, 1.82) is 0 Å². The Morgan fingerprint density at radius 2 is 2.42 bits per heavy atom. The van der Waals surface area contributed by atoms with Crippen LogP contribution >= 0.6 is 11.6 Å². The van der Waals surface area contributed by atoms with Gasteiger partial charge in [-0.25, -0.2) is 0 Å². The predicted octanol–water partition coefficient (Wildman–Crippen LogP) is 3.23. The lowest BCUT2D eigenvalue weighted by Crippen LogP contribution is -2.31. The minimum absolute atomic E-state index is 0.195. The molecule has 1 heterocycles. The average molecular weight is 282 g/mol. The van der Waals surface area contributed by atoms with Crippen molar-refractivity contribution < 1.29 is 9.53 Å². The van der Waals surface area contributed by atoms with E-state index in [0.29, 0.717) is 18.1 Å². The number of halogens is 1. The standard InChI is InChI=1S/C15H20ClNO2/c1-3-19-14(18)15(8-6-12(16)7-9-15)11-13-5-4-10-17(13)2/h6-8,11H,3-5,9-10H2,1-2H3. The summed E-state index contributed by atoms with van der Waals surface area (Å²) in [4.78, 5) is 14.5. The van der Waals surface area contributed by atoms with Crippen molar-refractivity contribution in [3.8, 4) is 0 Å². The molecule has 0 aromatic heterocycles. The Hall–Kier alpha value is -1.22. The highest BCUT2D eigenvalue weighted by Gasteiger charge is 2.37. The van der Waals surface area contributed by atoms with Crippen LogP contribution in [0.4, 0.5) is 0 Å². The molecule has 1 aliphatic carbocycles. The van der Waals surface area contributed by atoms with E-state index in [1.165, 1.54) is 5.70 Å². The zero-order valence-corrected chi connectivity index (χ0v) is 12.2. The first-order valence-electron chi connectivity index (χ1n) is 6.72. The second kappa shape index (κ2) is 5.83. The molecule has 0 bridgehead atoms. The molecule has 3 nitrogen and oxygen atoms in total. The minimum Gasteiger partial charge on any atom is -0.465 e. The van der Waals surface area contributed by atoms with Crippen LogP contribution < -0.4 is 0 Å². The monoisotopic (exact) mass is 281 g/mol. The molecule has 4 heteroatoms. The molecule has 0 aromatic carbocycles. The highest BCUT2D eigenvalue weighted by molar-refractivity contribution is 6.31. The van der Waals surface area contributed by atoms with Gasteiger partial charge in [-0.2, -0.15) is 0 Å². The molecule has 0 spiro atoms. The molecule has 104 valence electrons. The van der Waals surface area contributed by atoms with E-state index in [0.717, 1.165) is 19.4 Å². The number of hydrogen-bond donors (Lipinski definition) is 0. The molecular formula is C15H20ClNO2. The van der Waals surface area contributed by atoms with Crippen molar-refractivity contribution in [2.45, 2.75) is 26.2 Å². The number of ether oxygens (including phenoxy) is 1. The van der Waals surface area contributed by atoms with E-state index in [-0.39, 0.29) is 5.97 Å². The van der Waals surface area contributed by atoms with Gasteiger partial charge in [-0.15, -0.1) is 0 Å². The minimum atomic E-state index is -0.692. The van der Waals surface area contributed by atoms with Crippen molar-refractivity contribution in [3.05, 3.63) is 35.0 Å². The van der Waals surface area contributed by atoms with Crippen LogP contribution in [0.15, 0.2) is 35.0 Å². The second-order valence-corrected chi connectivity index (χ2v) is 5.48. The molecule has 1 saturated heterocycles. The van der Waals surface area contributed by atoms with E-state index < -0.39 is 5.41 Å². The Bertz CT molecular complexity index is 453. The number of carbonyl (C=O) groups is 1. The number of carbonyl (C=O) groups excluding carboxylic acids is 1. The quantitative estimate of drug-likeness (QED) is 0.744. The van der Waals surface area contributed by atoms with Gasteiger partial charge >= 0.3 is 5.97 Å². The van der Waals surface area contributed by atoms with Crippen LogP contribution in [0.3, 0.4) is 0 Å². The normalized spacial score (nSPS) is 28.7. The lowest BCUT2D eigenvalue weighted by Gasteiger charge is -2.28. The number of allylic oxidation sites excluding steroid dienone is 4. The Balaban J connectivity index is 2.30. The Morgan fingerprint density at radius 1 is 1.63 bits per heavy atom. The fourth-order valence-corrected chi connectivity index (χ4v) is 2.67. The third-order valence-electron chi connectivity index (χ3n) is 3.67. The molecule has 0 N–H and O–H groups in total. The van der Waals surface area contributed by atoms with Gasteiger partial charge in [-0.1, -0.05) is 23.8 Å². The summed E-state index contributed by atoms with van der Waals surface area (Å²) in [7, 11) is 2.06. The maximum Gasteiger partial charge on any atom is 0.320 e. The van der Waals surface area contributed by atoms with Crippen molar-refractivity contribution in [3.63, 3.8) is 0 Å². The summed E-state index contributed by atoms with van der Waals surface area (Å²) in [6, 6.07) is 0. The highest BCUT2D eigenvalue weighted by atomic mass is 35.5. The smallest absolute Gasteiger partial charge is 0.320 e. The number of rotatable bonds is 3. The van der Waals surface area contributed by atoms with Crippen LogP contribution in [-0.2, 0) is 9.53 Å². The van der Waals surface area contributed by atoms with Gasteiger partial charge in [-0.3, -0.25) is 4.79 Å². The van der Waals surface area contributed by atoms with Gasteiger partial charge in [-0.05, 0) is 38.3 Å². The van der Waals surface area contributed by atoms with E-state index >= 15 is 0 Å². The molecule has 0 amide bonds. The summed E-state index contributed by atoms with van der Waals surface area (Å²) in [6.45, 7) is 3.27. The van der Waals surface area contributed by atoms with Crippen LogP contribution in [0.25, 0.3) is 0 Å². The maximum absolute atomic E-state index is 12.3. The molecule has 19 heavy (non-hydrogen) atoms. The molecule has 1 fully saturated rings. The molecule has 0 aromatic rings. The molecule has 1 aliphatic heterocycles. The molecule has 1 atom stereocenters. The van der Waals surface area contributed by atoms with Gasteiger partial charge in [0.05, 0.1) is 6.61 Å². The van der Waals surface area contributed by atoms with Crippen LogP contribution in [-0.4, -0.2) is 31.1 Å². The Kier molecular flexibility index (Phi) is 4.35. The van der Waals surface area contributed by atoms with E-state index in [1.807, 2.05) is 25.2 Å². The Labute approximate surface area is 119 Å². The summed E-state index contributed by atoms with van der Waals surface area (Å²) in [5.74, 6) is -0.195. The first kappa shape index (κ1) is 14.2. The summed E-state index contributed by atoms with van der Waals surface area (Å²) < 4.78 is 5.24. The Morgan fingerprint density at radius 3 is 2.95 bits per heavy atom. The van der Waals surface area contributed by atoms with E-state index in [1.54, 1.807) is 6.08 Å². The van der Waals surface area contributed by atoms with E-state index in [2.05, 4.69) is 11.9 Å². The van der Waals surface area contributed by atoms with E-state index in [9.17, 15) is 4.79 Å². The lowest BCUT2D eigenvalue weighted by atomic mass is 9.80. The van der Waals surface area contributed by atoms with Crippen LogP contribution in [0.2, 0.25) is 0 Å². The summed E-state index contributed by atoms with van der Waals surface area (Å²) in [6.07, 6.45) is 10.3. The van der Waals surface area contributed by atoms with E-state index in [4.69, 9.17) is 16.3 Å². The molecular weight excluding hydrogens is 262 g/mol. The first-order chi connectivity index (χ1) is 9.07. The van der Waals surface area contributed by atoms with Crippen molar-refractivity contribution in [2.24, 2.45) is 5.41 Å². The van der Waals surface area contributed by atoms with Gasteiger partial charge in [0.15, 0.2) is 0 Å². The van der Waals surface area contributed by atoms with Gasteiger partial charge < -0.3 is 9.64 Å². The fraction of sp³-hybridized carbons (Fsp3) is 0.533. The summed E-state index contributed by atoms with van der Waals surface area (Å²) in [5, 5.41) is 0.679. The van der Waals surface area contributed by atoms with Crippen LogP contribution in [0, 0.1) is 5.41 Å². The van der Waals surface area contributed by atoms with Gasteiger partial charge in [0.25, 0.3) is 0 Å². The number of likely N-dealkylation sites (tertiary alicyclic amines) is 1. The van der Waals surface area contributed by atoms with Crippen molar-refractivity contribution in [2.75, 3.05) is 20.2 Å². The number of nitrogens with zero attached hydrogens (tertiary/aromatic N) is 1. The predicted molar refractivity (Wildman–Crippen MR) is 76.7 cm³/mol. The topological polar surface area (TPSA) is 29.5 Å². The lowest BCUT2D eigenvalue weighted by molar-refractivity contribution is -0.149. The molecule has 0 radical (unpaired) electrons. The largest absolute Gasteiger partial charge is 0.465 e. The average Bonchev–Trinajstić information content (AvgIpc) is 2.78. The van der Waals surface area contributed by atoms with Crippen LogP contribution in [0.1, 0.15) is 26.2 Å². The first-order valence-corrected chi connectivity index (χ1v) is 7.10. The highest BCUT2D eigenvalue weighted by Crippen LogP contribution is 2.37. The second-order valence-electron chi connectivity index (χ2n) is 5.05.